The van der Waals surface area contributed by atoms with E-state index in [1.165, 1.54) is 0 Å². The molecule has 2 aromatic carbocycles. The minimum Gasteiger partial charge on any atom is -0.493 e. The monoisotopic (exact) mass is 401 g/mol. The molecule has 1 atom stereocenters. The van der Waals surface area contributed by atoms with E-state index in [0.29, 0.717) is 30.5 Å². The molecule has 0 radical (unpaired) electrons. The van der Waals surface area contributed by atoms with Crippen LogP contribution in [0, 0.1) is 0 Å². The van der Waals surface area contributed by atoms with E-state index in [1.807, 2.05) is 62.5 Å². The maximum Gasteiger partial charge on any atom is 0.161 e. The van der Waals surface area contributed by atoms with Crippen LogP contribution in [0.5, 0.6) is 11.5 Å². The Hall–Kier alpha value is -2.57. The largest absolute Gasteiger partial charge is 0.493 e. The van der Waals surface area contributed by atoms with E-state index in [2.05, 4.69) is 10.3 Å². The van der Waals surface area contributed by atoms with Crippen molar-refractivity contribution in [1.29, 1.82) is 0 Å². The molecule has 0 saturated heterocycles. The number of benzene rings is 2. The second-order valence-electron chi connectivity index (χ2n) is 6.15. The number of halogens is 1. The Bertz CT molecular complexity index is 896. The molecule has 1 aromatic heterocycles. The number of ether oxygens (including phenoxy) is 3. The van der Waals surface area contributed by atoms with Gasteiger partial charge in [0.2, 0.25) is 0 Å². The predicted octanol–water partition coefficient (Wildman–Crippen LogP) is 4.51. The quantitative estimate of drug-likeness (QED) is 0.527. The first-order chi connectivity index (χ1) is 13.6. The van der Waals surface area contributed by atoms with E-state index in [9.17, 15) is 0 Å². The van der Waals surface area contributed by atoms with Gasteiger partial charge >= 0.3 is 0 Å². The molecule has 0 bridgehead atoms. The number of hydrogen-bond acceptors (Lipinski definition) is 5. The standard InChI is InChI=1S/C21H24ClN3O3/c1-4-27-20-12-15(6-11-19(20)26-3)13-25-14-18(23-24-25)21(28-5-2)16-7-9-17(22)10-8-16/h6-12,14,21H,4-5,13H2,1-3H3. The van der Waals surface area contributed by atoms with Crippen molar-refractivity contribution in [2.45, 2.75) is 26.5 Å². The molecule has 0 aliphatic rings. The van der Waals surface area contributed by atoms with Crippen molar-refractivity contribution in [3.8, 4) is 11.5 Å². The minimum atomic E-state index is -0.286. The average Bonchev–Trinajstić information content (AvgIpc) is 3.15. The smallest absolute Gasteiger partial charge is 0.161 e. The molecule has 148 valence electrons. The topological polar surface area (TPSA) is 58.4 Å². The van der Waals surface area contributed by atoms with Crippen molar-refractivity contribution < 1.29 is 14.2 Å². The third-order valence-electron chi connectivity index (χ3n) is 4.20. The fraction of sp³-hybridized carbons (Fsp3) is 0.333. The lowest BCUT2D eigenvalue weighted by Gasteiger charge is -2.14. The van der Waals surface area contributed by atoms with E-state index in [1.54, 1.807) is 11.8 Å². The van der Waals surface area contributed by atoms with Crippen LogP contribution in [0.4, 0.5) is 0 Å². The molecule has 3 aromatic rings. The summed E-state index contributed by atoms with van der Waals surface area (Å²) in [4.78, 5) is 0. The lowest BCUT2D eigenvalue weighted by Crippen LogP contribution is -2.06. The maximum absolute atomic E-state index is 6.00. The minimum absolute atomic E-state index is 0.286. The van der Waals surface area contributed by atoms with Crippen LogP contribution in [0.25, 0.3) is 0 Å². The van der Waals surface area contributed by atoms with Gasteiger partial charge in [0.25, 0.3) is 0 Å². The van der Waals surface area contributed by atoms with Crippen LogP contribution in [0.2, 0.25) is 5.02 Å². The molecule has 0 fully saturated rings. The summed E-state index contributed by atoms with van der Waals surface area (Å²) in [6, 6.07) is 13.4. The molecular weight excluding hydrogens is 378 g/mol. The SMILES string of the molecule is CCOc1cc(Cn2cc(C(OCC)c3ccc(Cl)cc3)nn2)ccc1OC. The molecule has 3 rings (SSSR count). The van der Waals surface area contributed by atoms with E-state index in [0.717, 1.165) is 22.6 Å². The maximum atomic E-state index is 6.00. The Balaban J connectivity index is 1.80. The van der Waals surface area contributed by atoms with Crippen molar-refractivity contribution in [3.05, 3.63) is 70.5 Å². The van der Waals surface area contributed by atoms with Gasteiger partial charge in [-0.15, -0.1) is 5.10 Å². The molecule has 7 heteroatoms. The lowest BCUT2D eigenvalue weighted by atomic mass is 10.1. The summed E-state index contributed by atoms with van der Waals surface area (Å²) in [7, 11) is 1.63. The lowest BCUT2D eigenvalue weighted by molar-refractivity contribution is 0.0883. The van der Waals surface area contributed by atoms with Crippen molar-refractivity contribution >= 4 is 11.6 Å². The summed E-state index contributed by atoms with van der Waals surface area (Å²) in [6.45, 7) is 5.61. The molecule has 28 heavy (non-hydrogen) atoms. The molecular formula is C21H24ClN3O3. The van der Waals surface area contributed by atoms with Gasteiger partial charge in [0.05, 0.1) is 26.5 Å². The van der Waals surface area contributed by atoms with Crippen molar-refractivity contribution in [2.24, 2.45) is 0 Å². The van der Waals surface area contributed by atoms with Gasteiger partial charge in [-0.2, -0.15) is 0 Å². The molecule has 0 amide bonds. The highest BCUT2D eigenvalue weighted by molar-refractivity contribution is 6.30. The van der Waals surface area contributed by atoms with Crippen LogP contribution in [-0.4, -0.2) is 35.3 Å². The first-order valence-electron chi connectivity index (χ1n) is 9.21. The zero-order valence-corrected chi connectivity index (χ0v) is 17.0. The van der Waals surface area contributed by atoms with E-state index in [-0.39, 0.29) is 6.10 Å². The fourth-order valence-corrected chi connectivity index (χ4v) is 3.07. The second-order valence-corrected chi connectivity index (χ2v) is 6.58. The Morgan fingerprint density at radius 2 is 1.82 bits per heavy atom. The number of nitrogens with zero attached hydrogens (tertiary/aromatic N) is 3. The van der Waals surface area contributed by atoms with E-state index >= 15 is 0 Å². The van der Waals surface area contributed by atoms with Gasteiger partial charge in [-0.1, -0.05) is 35.0 Å². The average molecular weight is 402 g/mol. The third kappa shape index (κ3) is 4.82. The summed E-state index contributed by atoms with van der Waals surface area (Å²) >= 11 is 6.00. The predicted molar refractivity (Wildman–Crippen MR) is 108 cm³/mol. The van der Waals surface area contributed by atoms with Crippen LogP contribution in [-0.2, 0) is 11.3 Å². The zero-order valence-electron chi connectivity index (χ0n) is 16.3. The molecule has 1 heterocycles. The van der Waals surface area contributed by atoms with Crippen molar-refractivity contribution in [1.82, 2.24) is 15.0 Å². The highest BCUT2D eigenvalue weighted by Gasteiger charge is 2.18. The van der Waals surface area contributed by atoms with Gasteiger partial charge < -0.3 is 14.2 Å². The second kappa shape index (κ2) is 9.57. The summed E-state index contributed by atoms with van der Waals surface area (Å²) in [6.07, 6.45) is 1.62. The van der Waals surface area contributed by atoms with Gasteiger partial charge in [0.1, 0.15) is 11.8 Å². The van der Waals surface area contributed by atoms with Crippen LogP contribution in [0.15, 0.2) is 48.7 Å². The molecule has 1 unspecified atom stereocenters. The number of aromatic nitrogens is 3. The number of rotatable bonds is 9. The third-order valence-corrected chi connectivity index (χ3v) is 4.46. The number of methoxy groups -OCH3 is 1. The van der Waals surface area contributed by atoms with Crippen LogP contribution < -0.4 is 9.47 Å². The number of hydrogen-bond donors (Lipinski definition) is 0. The van der Waals surface area contributed by atoms with Crippen LogP contribution in [0.3, 0.4) is 0 Å². The van der Waals surface area contributed by atoms with Crippen molar-refractivity contribution in [3.63, 3.8) is 0 Å². The molecule has 0 N–H and O–H groups in total. The normalized spacial score (nSPS) is 12.0. The molecule has 0 saturated carbocycles. The molecule has 0 spiro atoms. The highest BCUT2D eigenvalue weighted by Crippen LogP contribution is 2.29. The van der Waals surface area contributed by atoms with Crippen LogP contribution in [0.1, 0.15) is 36.8 Å². The summed E-state index contributed by atoms with van der Waals surface area (Å²) < 4.78 is 18.7. The highest BCUT2D eigenvalue weighted by atomic mass is 35.5. The van der Waals surface area contributed by atoms with Gasteiger partial charge in [-0.3, -0.25) is 0 Å². The molecule has 0 aliphatic carbocycles. The zero-order chi connectivity index (χ0) is 19.9. The Morgan fingerprint density at radius 1 is 1.04 bits per heavy atom. The van der Waals surface area contributed by atoms with Crippen molar-refractivity contribution in [2.75, 3.05) is 20.3 Å². The fourth-order valence-electron chi connectivity index (χ4n) is 2.94. The van der Waals surface area contributed by atoms with E-state index in [4.69, 9.17) is 25.8 Å². The summed E-state index contributed by atoms with van der Waals surface area (Å²) in [5.74, 6) is 1.43. The first-order valence-corrected chi connectivity index (χ1v) is 9.59. The van der Waals surface area contributed by atoms with Gasteiger partial charge in [-0.25, -0.2) is 4.68 Å². The van der Waals surface area contributed by atoms with Gasteiger partial charge in [-0.05, 0) is 49.2 Å². The molecule has 6 nitrogen and oxygen atoms in total. The van der Waals surface area contributed by atoms with Gasteiger partial charge in [0.15, 0.2) is 11.5 Å². The van der Waals surface area contributed by atoms with Gasteiger partial charge in [0, 0.05) is 11.6 Å². The van der Waals surface area contributed by atoms with E-state index < -0.39 is 0 Å². The van der Waals surface area contributed by atoms with Crippen LogP contribution >= 0.6 is 11.6 Å². The summed E-state index contributed by atoms with van der Waals surface area (Å²) in [5.41, 5.74) is 2.78. The Morgan fingerprint density at radius 3 is 2.50 bits per heavy atom. The molecule has 0 aliphatic heterocycles. The summed E-state index contributed by atoms with van der Waals surface area (Å²) in [5, 5.41) is 9.27. The first kappa shape index (κ1) is 20.2. The Kier molecular flexibility index (Phi) is 6.90. The Labute approximate surface area is 170 Å².